The second kappa shape index (κ2) is 3.94. The van der Waals surface area contributed by atoms with Gasteiger partial charge in [0.15, 0.2) is 5.58 Å². The van der Waals surface area contributed by atoms with Gasteiger partial charge in [-0.1, -0.05) is 35.5 Å². The second-order valence-electron chi connectivity index (χ2n) is 3.76. The number of hydrogen-bond donors (Lipinski definition) is 0. The molecule has 0 bridgehead atoms. The molecular formula is C14H11NO2. The molecule has 0 aliphatic rings. The molecular weight excluding hydrogens is 214 g/mol. The Morgan fingerprint density at radius 3 is 2.65 bits per heavy atom. The first kappa shape index (κ1) is 9.90. The molecule has 3 nitrogen and oxygen atoms in total. The summed E-state index contributed by atoms with van der Waals surface area (Å²) >= 11 is 0. The number of nitrogens with zero attached hydrogens (tertiary/aromatic N) is 1. The molecule has 0 unspecified atom stereocenters. The van der Waals surface area contributed by atoms with Crippen LogP contribution in [0.15, 0.2) is 53.1 Å². The van der Waals surface area contributed by atoms with Gasteiger partial charge in [0.1, 0.15) is 11.4 Å². The maximum absolute atomic E-state index is 5.32. The molecule has 3 rings (SSSR count). The minimum absolute atomic E-state index is 0.739. The summed E-state index contributed by atoms with van der Waals surface area (Å²) in [5.74, 6) is 0.772. The largest absolute Gasteiger partial charge is 0.497 e. The van der Waals surface area contributed by atoms with Gasteiger partial charge in [-0.25, -0.2) is 0 Å². The van der Waals surface area contributed by atoms with Crippen LogP contribution in [0.4, 0.5) is 0 Å². The molecule has 0 aliphatic carbocycles. The Bertz CT molecular complexity index is 644. The van der Waals surface area contributed by atoms with Gasteiger partial charge in [-0.05, 0) is 12.1 Å². The van der Waals surface area contributed by atoms with Crippen molar-refractivity contribution in [3.05, 3.63) is 48.5 Å². The highest BCUT2D eigenvalue weighted by molar-refractivity contribution is 5.92. The molecule has 2 aromatic carbocycles. The van der Waals surface area contributed by atoms with Crippen molar-refractivity contribution >= 4 is 11.0 Å². The molecule has 0 amide bonds. The van der Waals surface area contributed by atoms with Crippen LogP contribution in [0.2, 0.25) is 0 Å². The van der Waals surface area contributed by atoms with Gasteiger partial charge in [0, 0.05) is 17.0 Å². The first-order valence-electron chi connectivity index (χ1n) is 5.37. The van der Waals surface area contributed by atoms with E-state index < -0.39 is 0 Å². The number of aromatic nitrogens is 1. The third-order valence-electron chi connectivity index (χ3n) is 2.73. The number of benzene rings is 2. The van der Waals surface area contributed by atoms with Crippen LogP contribution in [-0.2, 0) is 0 Å². The SMILES string of the molecule is COc1ccc2c(-c3ccccc3)noc2c1. The molecule has 0 saturated carbocycles. The van der Waals surface area contributed by atoms with E-state index in [1.165, 1.54) is 0 Å². The zero-order valence-corrected chi connectivity index (χ0v) is 9.38. The Morgan fingerprint density at radius 1 is 1.06 bits per heavy atom. The normalized spacial score (nSPS) is 10.6. The minimum Gasteiger partial charge on any atom is -0.497 e. The molecule has 0 atom stereocenters. The van der Waals surface area contributed by atoms with E-state index in [0.717, 1.165) is 28.0 Å². The third-order valence-corrected chi connectivity index (χ3v) is 2.73. The van der Waals surface area contributed by atoms with Crippen LogP contribution in [0.1, 0.15) is 0 Å². The van der Waals surface area contributed by atoms with Gasteiger partial charge in [0.25, 0.3) is 0 Å². The van der Waals surface area contributed by atoms with Crippen LogP contribution in [0.5, 0.6) is 5.75 Å². The van der Waals surface area contributed by atoms with E-state index in [-0.39, 0.29) is 0 Å². The average molecular weight is 225 g/mol. The first-order chi connectivity index (χ1) is 8.38. The summed E-state index contributed by atoms with van der Waals surface area (Å²) in [5, 5.41) is 5.11. The lowest BCUT2D eigenvalue weighted by Gasteiger charge is -1.98. The van der Waals surface area contributed by atoms with E-state index in [9.17, 15) is 0 Å². The van der Waals surface area contributed by atoms with Crippen LogP contribution in [0.3, 0.4) is 0 Å². The molecule has 1 aromatic heterocycles. The molecule has 0 spiro atoms. The van der Waals surface area contributed by atoms with Crippen LogP contribution >= 0.6 is 0 Å². The van der Waals surface area contributed by atoms with Crippen LogP contribution < -0.4 is 4.74 Å². The van der Waals surface area contributed by atoms with Gasteiger partial charge in [-0.15, -0.1) is 0 Å². The van der Waals surface area contributed by atoms with E-state index in [0.29, 0.717) is 0 Å². The summed E-state index contributed by atoms with van der Waals surface area (Å²) in [6.45, 7) is 0. The van der Waals surface area contributed by atoms with E-state index in [4.69, 9.17) is 9.26 Å². The Labute approximate surface area is 98.6 Å². The van der Waals surface area contributed by atoms with Gasteiger partial charge in [-0.3, -0.25) is 0 Å². The lowest BCUT2D eigenvalue weighted by molar-refractivity contribution is 0.412. The summed E-state index contributed by atoms with van der Waals surface area (Å²) < 4.78 is 10.5. The Balaban J connectivity index is 2.19. The first-order valence-corrected chi connectivity index (χ1v) is 5.37. The predicted molar refractivity (Wildman–Crippen MR) is 66.0 cm³/mol. The zero-order chi connectivity index (χ0) is 11.7. The molecule has 17 heavy (non-hydrogen) atoms. The molecule has 3 heteroatoms. The Morgan fingerprint density at radius 2 is 1.88 bits per heavy atom. The summed E-state index contributed by atoms with van der Waals surface area (Å²) in [5.41, 5.74) is 2.66. The van der Waals surface area contributed by atoms with E-state index in [1.54, 1.807) is 7.11 Å². The second-order valence-corrected chi connectivity index (χ2v) is 3.76. The number of ether oxygens (including phenoxy) is 1. The Hall–Kier alpha value is -2.29. The number of fused-ring (bicyclic) bond motifs is 1. The van der Waals surface area contributed by atoms with Crippen molar-refractivity contribution in [3.63, 3.8) is 0 Å². The molecule has 3 aromatic rings. The van der Waals surface area contributed by atoms with Crippen LogP contribution in [-0.4, -0.2) is 12.3 Å². The monoisotopic (exact) mass is 225 g/mol. The summed E-state index contributed by atoms with van der Waals surface area (Å²) in [4.78, 5) is 0. The van der Waals surface area contributed by atoms with Gasteiger partial charge in [0.2, 0.25) is 0 Å². The summed E-state index contributed by atoms with van der Waals surface area (Å²) in [6, 6.07) is 15.7. The summed E-state index contributed by atoms with van der Waals surface area (Å²) in [7, 11) is 1.63. The molecule has 1 heterocycles. The molecule has 0 N–H and O–H groups in total. The van der Waals surface area contributed by atoms with Crippen LogP contribution in [0, 0.1) is 0 Å². The van der Waals surface area contributed by atoms with E-state index >= 15 is 0 Å². The summed E-state index contributed by atoms with van der Waals surface area (Å²) in [6.07, 6.45) is 0. The van der Waals surface area contributed by atoms with Gasteiger partial charge < -0.3 is 9.26 Å². The van der Waals surface area contributed by atoms with E-state index in [1.807, 2.05) is 48.5 Å². The van der Waals surface area contributed by atoms with Gasteiger partial charge >= 0.3 is 0 Å². The fourth-order valence-corrected chi connectivity index (χ4v) is 1.85. The molecule has 84 valence electrons. The van der Waals surface area contributed by atoms with Gasteiger partial charge in [0.05, 0.1) is 7.11 Å². The van der Waals surface area contributed by atoms with Crippen molar-refractivity contribution in [2.45, 2.75) is 0 Å². The molecule has 0 fully saturated rings. The average Bonchev–Trinajstić information content (AvgIpc) is 2.82. The lowest BCUT2D eigenvalue weighted by atomic mass is 10.1. The molecule has 0 saturated heterocycles. The highest BCUT2D eigenvalue weighted by Gasteiger charge is 2.10. The highest BCUT2D eigenvalue weighted by atomic mass is 16.5. The van der Waals surface area contributed by atoms with Crippen molar-refractivity contribution in [2.75, 3.05) is 7.11 Å². The van der Waals surface area contributed by atoms with Crippen molar-refractivity contribution in [2.24, 2.45) is 0 Å². The zero-order valence-electron chi connectivity index (χ0n) is 9.38. The smallest absolute Gasteiger partial charge is 0.171 e. The maximum atomic E-state index is 5.32. The molecule has 0 aliphatic heterocycles. The number of methoxy groups -OCH3 is 1. The van der Waals surface area contributed by atoms with E-state index in [2.05, 4.69) is 5.16 Å². The maximum Gasteiger partial charge on any atom is 0.171 e. The number of hydrogen-bond acceptors (Lipinski definition) is 3. The highest BCUT2D eigenvalue weighted by Crippen LogP contribution is 2.29. The Kier molecular flexibility index (Phi) is 2.29. The quantitative estimate of drug-likeness (QED) is 0.669. The predicted octanol–water partition coefficient (Wildman–Crippen LogP) is 3.50. The fraction of sp³-hybridized carbons (Fsp3) is 0.0714. The van der Waals surface area contributed by atoms with Crippen molar-refractivity contribution in [3.8, 4) is 17.0 Å². The van der Waals surface area contributed by atoms with Crippen molar-refractivity contribution in [1.29, 1.82) is 0 Å². The topological polar surface area (TPSA) is 35.3 Å². The van der Waals surface area contributed by atoms with Gasteiger partial charge in [-0.2, -0.15) is 0 Å². The van der Waals surface area contributed by atoms with Crippen molar-refractivity contribution < 1.29 is 9.26 Å². The molecule has 0 radical (unpaired) electrons. The number of rotatable bonds is 2. The third kappa shape index (κ3) is 1.65. The van der Waals surface area contributed by atoms with Crippen molar-refractivity contribution in [1.82, 2.24) is 5.16 Å². The standard InChI is InChI=1S/C14H11NO2/c1-16-11-7-8-12-13(9-11)17-15-14(12)10-5-3-2-4-6-10/h2-9H,1H3. The fourth-order valence-electron chi connectivity index (χ4n) is 1.85. The van der Waals surface area contributed by atoms with Crippen LogP contribution in [0.25, 0.3) is 22.2 Å². The minimum atomic E-state index is 0.739. The lowest BCUT2D eigenvalue weighted by Crippen LogP contribution is -1.81.